The van der Waals surface area contributed by atoms with E-state index in [1.54, 1.807) is 12.1 Å². The van der Waals surface area contributed by atoms with Crippen molar-refractivity contribution in [1.82, 2.24) is 4.98 Å². The second-order valence-corrected chi connectivity index (χ2v) is 5.07. The SMILES string of the molecule is Cc1cccc(Cl)c1NC(=O)c1ccc2cc[nH]c2c1. The number of hydrogen-bond donors (Lipinski definition) is 2. The second-order valence-electron chi connectivity index (χ2n) is 4.67. The van der Waals surface area contributed by atoms with Crippen molar-refractivity contribution >= 4 is 34.1 Å². The van der Waals surface area contributed by atoms with Gasteiger partial charge in [-0.15, -0.1) is 0 Å². The Balaban J connectivity index is 1.92. The Bertz CT molecular complexity index is 772. The normalized spacial score (nSPS) is 10.7. The Kier molecular flexibility index (Phi) is 3.20. The van der Waals surface area contributed by atoms with Crippen LogP contribution in [0.4, 0.5) is 5.69 Å². The number of hydrogen-bond acceptors (Lipinski definition) is 1. The largest absolute Gasteiger partial charge is 0.361 e. The molecule has 100 valence electrons. The topological polar surface area (TPSA) is 44.9 Å². The summed E-state index contributed by atoms with van der Waals surface area (Å²) in [5.41, 5.74) is 3.13. The smallest absolute Gasteiger partial charge is 0.255 e. The first-order valence-corrected chi connectivity index (χ1v) is 6.66. The molecule has 0 spiro atoms. The van der Waals surface area contributed by atoms with Gasteiger partial charge < -0.3 is 10.3 Å². The summed E-state index contributed by atoms with van der Waals surface area (Å²) in [7, 11) is 0. The van der Waals surface area contributed by atoms with Crippen molar-refractivity contribution < 1.29 is 4.79 Å². The number of fused-ring (bicyclic) bond motifs is 1. The fourth-order valence-electron chi connectivity index (χ4n) is 2.17. The Morgan fingerprint density at radius 3 is 2.85 bits per heavy atom. The van der Waals surface area contributed by atoms with Crippen molar-refractivity contribution in [3.8, 4) is 0 Å². The molecule has 0 aliphatic carbocycles. The number of nitrogens with one attached hydrogen (secondary N) is 2. The fourth-order valence-corrected chi connectivity index (χ4v) is 2.43. The zero-order valence-electron chi connectivity index (χ0n) is 10.9. The lowest BCUT2D eigenvalue weighted by Crippen LogP contribution is -2.13. The van der Waals surface area contributed by atoms with Gasteiger partial charge in [-0.3, -0.25) is 4.79 Å². The Morgan fingerprint density at radius 2 is 2.05 bits per heavy atom. The number of carbonyl (C=O) groups is 1. The van der Waals surface area contributed by atoms with Crippen LogP contribution in [0.3, 0.4) is 0 Å². The maximum atomic E-state index is 12.3. The number of H-pyrrole nitrogens is 1. The predicted molar refractivity (Wildman–Crippen MR) is 82.4 cm³/mol. The van der Waals surface area contributed by atoms with E-state index in [0.29, 0.717) is 16.3 Å². The van der Waals surface area contributed by atoms with Crippen LogP contribution in [0.2, 0.25) is 5.02 Å². The van der Waals surface area contributed by atoms with E-state index in [2.05, 4.69) is 10.3 Å². The van der Waals surface area contributed by atoms with Gasteiger partial charge in [0.1, 0.15) is 0 Å². The average molecular weight is 285 g/mol. The van der Waals surface area contributed by atoms with E-state index in [9.17, 15) is 4.79 Å². The first-order valence-electron chi connectivity index (χ1n) is 6.29. The summed E-state index contributed by atoms with van der Waals surface area (Å²) >= 11 is 6.12. The predicted octanol–water partition coefficient (Wildman–Crippen LogP) is 4.38. The molecule has 3 nitrogen and oxygen atoms in total. The highest BCUT2D eigenvalue weighted by molar-refractivity contribution is 6.34. The Labute approximate surface area is 121 Å². The molecule has 0 bridgehead atoms. The van der Waals surface area contributed by atoms with Crippen LogP contribution >= 0.6 is 11.6 Å². The number of rotatable bonds is 2. The first-order chi connectivity index (χ1) is 9.65. The van der Waals surface area contributed by atoms with Gasteiger partial charge in [-0.2, -0.15) is 0 Å². The summed E-state index contributed by atoms with van der Waals surface area (Å²) in [6.07, 6.45) is 1.85. The van der Waals surface area contributed by atoms with Crippen LogP contribution in [0.5, 0.6) is 0 Å². The van der Waals surface area contributed by atoms with Crippen LogP contribution in [-0.2, 0) is 0 Å². The van der Waals surface area contributed by atoms with Crippen molar-refractivity contribution in [2.75, 3.05) is 5.32 Å². The zero-order valence-corrected chi connectivity index (χ0v) is 11.7. The second kappa shape index (κ2) is 5.02. The molecule has 1 heterocycles. The molecular formula is C16H13ClN2O. The maximum absolute atomic E-state index is 12.3. The Hall–Kier alpha value is -2.26. The molecule has 4 heteroatoms. The summed E-state index contributed by atoms with van der Waals surface area (Å²) in [5.74, 6) is -0.169. The number of para-hydroxylation sites is 1. The summed E-state index contributed by atoms with van der Waals surface area (Å²) < 4.78 is 0. The standard InChI is InChI=1S/C16H13ClN2O/c1-10-3-2-4-13(17)15(10)19-16(20)12-6-5-11-7-8-18-14(11)9-12/h2-9,18H,1H3,(H,19,20). The molecule has 0 unspecified atom stereocenters. The van der Waals surface area contributed by atoms with Crippen LogP contribution in [0.1, 0.15) is 15.9 Å². The van der Waals surface area contributed by atoms with Gasteiger partial charge >= 0.3 is 0 Å². The lowest BCUT2D eigenvalue weighted by Gasteiger charge is -2.10. The van der Waals surface area contributed by atoms with Gasteiger partial charge in [-0.25, -0.2) is 0 Å². The van der Waals surface area contributed by atoms with Crippen LogP contribution < -0.4 is 5.32 Å². The van der Waals surface area contributed by atoms with E-state index in [1.165, 1.54) is 0 Å². The van der Waals surface area contributed by atoms with Crippen molar-refractivity contribution in [2.45, 2.75) is 6.92 Å². The number of halogens is 1. The molecule has 0 atom stereocenters. The van der Waals surface area contributed by atoms with Crippen LogP contribution in [0.25, 0.3) is 10.9 Å². The average Bonchev–Trinajstić information content (AvgIpc) is 2.90. The molecule has 3 aromatic rings. The fraction of sp³-hybridized carbons (Fsp3) is 0.0625. The highest BCUT2D eigenvalue weighted by Gasteiger charge is 2.11. The Morgan fingerprint density at radius 1 is 1.20 bits per heavy atom. The maximum Gasteiger partial charge on any atom is 0.255 e. The number of aromatic nitrogens is 1. The number of benzene rings is 2. The molecule has 20 heavy (non-hydrogen) atoms. The molecule has 2 aromatic carbocycles. The van der Waals surface area contributed by atoms with Gasteiger partial charge in [0.25, 0.3) is 5.91 Å². The molecule has 0 aliphatic heterocycles. The van der Waals surface area contributed by atoms with E-state index in [4.69, 9.17) is 11.6 Å². The van der Waals surface area contributed by atoms with Crippen molar-refractivity contribution in [3.05, 3.63) is 64.8 Å². The van der Waals surface area contributed by atoms with Gasteiger partial charge in [-0.05, 0) is 42.1 Å². The highest BCUT2D eigenvalue weighted by atomic mass is 35.5. The lowest BCUT2D eigenvalue weighted by atomic mass is 10.1. The number of anilines is 1. The third-order valence-corrected chi connectivity index (χ3v) is 3.59. The minimum atomic E-state index is -0.169. The van der Waals surface area contributed by atoms with Crippen molar-refractivity contribution in [1.29, 1.82) is 0 Å². The zero-order chi connectivity index (χ0) is 14.1. The number of aromatic amines is 1. The van der Waals surface area contributed by atoms with Gasteiger partial charge in [0.05, 0.1) is 10.7 Å². The van der Waals surface area contributed by atoms with E-state index < -0.39 is 0 Å². The molecule has 2 N–H and O–H groups in total. The summed E-state index contributed by atoms with van der Waals surface area (Å²) in [4.78, 5) is 15.4. The van der Waals surface area contributed by atoms with Crippen molar-refractivity contribution in [3.63, 3.8) is 0 Å². The highest BCUT2D eigenvalue weighted by Crippen LogP contribution is 2.26. The molecule has 0 fully saturated rings. The summed E-state index contributed by atoms with van der Waals surface area (Å²) in [5, 5.41) is 4.49. The molecule has 3 rings (SSSR count). The van der Waals surface area contributed by atoms with Crippen LogP contribution in [0.15, 0.2) is 48.7 Å². The molecular weight excluding hydrogens is 272 g/mol. The monoisotopic (exact) mass is 284 g/mol. The summed E-state index contributed by atoms with van der Waals surface area (Å²) in [6.45, 7) is 1.91. The molecule has 0 aliphatic rings. The molecule has 0 saturated heterocycles. The lowest BCUT2D eigenvalue weighted by molar-refractivity contribution is 0.102. The third-order valence-electron chi connectivity index (χ3n) is 3.28. The van der Waals surface area contributed by atoms with E-state index >= 15 is 0 Å². The molecule has 1 amide bonds. The molecule has 0 radical (unpaired) electrons. The van der Waals surface area contributed by atoms with Crippen LogP contribution in [-0.4, -0.2) is 10.9 Å². The summed E-state index contributed by atoms with van der Waals surface area (Å²) in [6, 6.07) is 13.1. The minimum absolute atomic E-state index is 0.169. The third kappa shape index (κ3) is 2.28. The molecule has 0 saturated carbocycles. The number of carbonyl (C=O) groups excluding carboxylic acids is 1. The minimum Gasteiger partial charge on any atom is -0.361 e. The van der Waals surface area contributed by atoms with Gasteiger partial charge in [-0.1, -0.05) is 29.8 Å². The van der Waals surface area contributed by atoms with Gasteiger partial charge in [0.2, 0.25) is 0 Å². The molecule has 1 aromatic heterocycles. The first kappa shape index (κ1) is 12.8. The van der Waals surface area contributed by atoms with E-state index in [0.717, 1.165) is 16.5 Å². The van der Waals surface area contributed by atoms with Gasteiger partial charge in [0.15, 0.2) is 0 Å². The van der Waals surface area contributed by atoms with Crippen LogP contribution in [0, 0.1) is 6.92 Å². The van der Waals surface area contributed by atoms with Crippen molar-refractivity contribution in [2.24, 2.45) is 0 Å². The number of amides is 1. The van der Waals surface area contributed by atoms with E-state index in [1.807, 2.05) is 43.5 Å². The quantitative estimate of drug-likeness (QED) is 0.720. The van der Waals surface area contributed by atoms with Gasteiger partial charge in [0, 0.05) is 17.3 Å². The van der Waals surface area contributed by atoms with E-state index in [-0.39, 0.29) is 5.91 Å². The number of aryl methyl sites for hydroxylation is 1.